The molecule has 0 aromatic carbocycles. The number of hydrogen-bond donors (Lipinski definition) is 2. The lowest BCUT2D eigenvalue weighted by molar-refractivity contribution is -0.121. The minimum atomic E-state index is -0.327. The first-order valence-corrected chi connectivity index (χ1v) is 5.53. The number of allylic oxidation sites excluding steroid dienone is 1. The van der Waals surface area contributed by atoms with E-state index in [0.717, 1.165) is 19.3 Å². The summed E-state index contributed by atoms with van der Waals surface area (Å²) in [5.41, 5.74) is 0. The molecule has 15 heavy (non-hydrogen) atoms. The van der Waals surface area contributed by atoms with E-state index in [-0.39, 0.29) is 12.0 Å². The van der Waals surface area contributed by atoms with Crippen LogP contribution < -0.4 is 5.32 Å². The van der Waals surface area contributed by atoms with E-state index in [4.69, 9.17) is 4.74 Å². The highest BCUT2D eigenvalue weighted by molar-refractivity contribution is 5.91. The molecular formula is C11H19NO3. The van der Waals surface area contributed by atoms with Crippen LogP contribution in [-0.4, -0.2) is 30.3 Å². The van der Waals surface area contributed by atoms with Crippen LogP contribution in [0.15, 0.2) is 11.8 Å². The predicted octanol–water partition coefficient (Wildman–Crippen LogP) is 0.958. The van der Waals surface area contributed by atoms with Crippen molar-refractivity contribution in [2.75, 3.05) is 13.2 Å². The third kappa shape index (κ3) is 4.34. The largest absolute Gasteiger partial charge is 0.488 e. The Kier molecular flexibility index (Phi) is 5.18. The van der Waals surface area contributed by atoms with Gasteiger partial charge in [-0.2, -0.15) is 0 Å². The number of aliphatic hydroxyl groups is 1. The zero-order valence-corrected chi connectivity index (χ0v) is 9.16. The third-order valence-corrected chi connectivity index (χ3v) is 2.39. The number of aliphatic hydroxyl groups excluding tert-OH is 1. The highest BCUT2D eigenvalue weighted by Crippen LogP contribution is 2.09. The molecule has 1 unspecified atom stereocenters. The first-order chi connectivity index (χ1) is 7.24. The average Bonchev–Trinajstić information content (AvgIpc) is 2.29. The second-order valence-corrected chi connectivity index (χ2v) is 3.67. The molecule has 0 saturated heterocycles. The SMILES string of the molecule is CCC(O)CCNC(=O)C1=CCCCO1. The lowest BCUT2D eigenvalue weighted by Gasteiger charge is -2.15. The summed E-state index contributed by atoms with van der Waals surface area (Å²) in [6, 6.07) is 0. The lowest BCUT2D eigenvalue weighted by Crippen LogP contribution is -2.30. The molecule has 4 heteroatoms. The molecule has 0 bridgehead atoms. The lowest BCUT2D eigenvalue weighted by atomic mass is 10.2. The smallest absolute Gasteiger partial charge is 0.286 e. The maximum atomic E-state index is 11.5. The van der Waals surface area contributed by atoms with Gasteiger partial charge in [-0.05, 0) is 31.8 Å². The van der Waals surface area contributed by atoms with Crippen molar-refractivity contribution in [1.82, 2.24) is 5.32 Å². The van der Waals surface area contributed by atoms with Gasteiger partial charge in [0, 0.05) is 6.54 Å². The molecule has 0 radical (unpaired) electrons. The van der Waals surface area contributed by atoms with Crippen LogP contribution in [0.1, 0.15) is 32.6 Å². The molecule has 0 saturated carbocycles. The molecule has 1 atom stereocenters. The Hall–Kier alpha value is -1.03. The molecule has 1 amide bonds. The summed E-state index contributed by atoms with van der Waals surface area (Å²) in [5.74, 6) is 0.255. The predicted molar refractivity (Wildman–Crippen MR) is 57.2 cm³/mol. The normalized spacial score (nSPS) is 17.6. The summed E-state index contributed by atoms with van der Waals surface area (Å²) >= 11 is 0. The van der Waals surface area contributed by atoms with Crippen LogP contribution >= 0.6 is 0 Å². The van der Waals surface area contributed by atoms with Crippen molar-refractivity contribution in [3.05, 3.63) is 11.8 Å². The fourth-order valence-corrected chi connectivity index (χ4v) is 1.36. The van der Waals surface area contributed by atoms with Gasteiger partial charge in [-0.1, -0.05) is 6.92 Å². The molecule has 1 rings (SSSR count). The van der Waals surface area contributed by atoms with E-state index in [2.05, 4.69) is 5.32 Å². The monoisotopic (exact) mass is 213 g/mol. The standard InChI is InChI=1S/C11H19NO3/c1-2-9(13)6-7-12-11(14)10-5-3-4-8-15-10/h5,9,13H,2-4,6-8H2,1H3,(H,12,14). The zero-order chi connectivity index (χ0) is 11.1. The molecular weight excluding hydrogens is 194 g/mol. The Morgan fingerprint density at radius 1 is 1.73 bits per heavy atom. The number of amides is 1. The number of hydrogen-bond acceptors (Lipinski definition) is 3. The summed E-state index contributed by atoms with van der Waals surface area (Å²) in [7, 11) is 0. The van der Waals surface area contributed by atoms with E-state index in [1.54, 1.807) is 0 Å². The maximum absolute atomic E-state index is 11.5. The Morgan fingerprint density at radius 2 is 2.53 bits per heavy atom. The summed E-state index contributed by atoms with van der Waals surface area (Å²) in [6.45, 7) is 3.03. The molecule has 0 spiro atoms. The Balaban J connectivity index is 2.20. The fraction of sp³-hybridized carbons (Fsp3) is 0.727. The Labute approximate surface area is 90.3 Å². The molecule has 1 aliphatic rings. The molecule has 1 heterocycles. The van der Waals surface area contributed by atoms with Gasteiger partial charge in [-0.3, -0.25) is 4.79 Å². The fourth-order valence-electron chi connectivity index (χ4n) is 1.36. The minimum Gasteiger partial charge on any atom is -0.488 e. The summed E-state index contributed by atoms with van der Waals surface area (Å²) in [5, 5.41) is 12.0. The highest BCUT2D eigenvalue weighted by Gasteiger charge is 2.13. The third-order valence-electron chi connectivity index (χ3n) is 2.39. The van der Waals surface area contributed by atoms with Crippen molar-refractivity contribution in [3.8, 4) is 0 Å². The molecule has 86 valence electrons. The van der Waals surface area contributed by atoms with Crippen LogP contribution in [0.4, 0.5) is 0 Å². The van der Waals surface area contributed by atoms with Crippen molar-refractivity contribution in [2.45, 2.75) is 38.7 Å². The van der Waals surface area contributed by atoms with Gasteiger partial charge in [0.2, 0.25) is 0 Å². The number of carbonyl (C=O) groups is 1. The van der Waals surface area contributed by atoms with Crippen molar-refractivity contribution >= 4 is 5.91 Å². The van der Waals surface area contributed by atoms with Crippen LogP contribution in [0.3, 0.4) is 0 Å². The summed E-state index contributed by atoms with van der Waals surface area (Å²) in [6.07, 6.45) is 4.68. The second kappa shape index (κ2) is 6.45. The molecule has 0 fully saturated rings. The Bertz CT molecular complexity index is 238. The molecule has 0 aromatic rings. The van der Waals surface area contributed by atoms with Crippen molar-refractivity contribution in [1.29, 1.82) is 0 Å². The first-order valence-electron chi connectivity index (χ1n) is 5.53. The Morgan fingerprint density at radius 3 is 3.13 bits per heavy atom. The van der Waals surface area contributed by atoms with Gasteiger partial charge in [0.1, 0.15) is 0 Å². The van der Waals surface area contributed by atoms with Gasteiger partial charge in [0.25, 0.3) is 5.91 Å². The van der Waals surface area contributed by atoms with Crippen molar-refractivity contribution in [2.24, 2.45) is 0 Å². The quantitative estimate of drug-likeness (QED) is 0.715. The first kappa shape index (κ1) is 12.0. The van der Waals surface area contributed by atoms with Gasteiger partial charge in [0.05, 0.1) is 12.7 Å². The van der Waals surface area contributed by atoms with Gasteiger partial charge >= 0.3 is 0 Å². The molecule has 0 aliphatic carbocycles. The van der Waals surface area contributed by atoms with Gasteiger partial charge < -0.3 is 15.2 Å². The van der Waals surface area contributed by atoms with Crippen LogP contribution in [0.25, 0.3) is 0 Å². The van der Waals surface area contributed by atoms with E-state index >= 15 is 0 Å². The van der Waals surface area contributed by atoms with E-state index in [0.29, 0.717) is 25.3 Å². The number of ether oxygens (including phenoxy) is 1. The van der Waals surface area contributed by atoms with E-state index < -0.39 is 0 Å². The molecule has 1 aliphatic heterocycles. The summed E-state index contributed by atoms with van der Waals surface area (Å²) in [4.78, 5) is 11.5. The van der Waals surface area contributed by atoms with Crippen LogP contribution in [-0.2, 0) is 9.53 Å². The molecule has 4 nitrogen and oxygen atoms in total. The maximum Gasteiger partial charge on any atom is 0.286 e. The van der Waals surface area contributed by atoms with Gasteiger partial charge in [-0.15, -0.1) is 0 Å². The van der Waals surface area contributed by atoms with E-state index in [1.807, 2.05) is 13.0 Å². The summed E-state index contributed by atoms with van der Waals surface area (Å²) < 4.78 is 5.21. The van der Waals surface area contributed by atoms with Crippen LogP contribution in [0, 0.1) is 0 Å². The number of carbonyl (C=O) groups excluding carboxylic acids is 1. The van der Waals surface area contributed by atoms with Crippen LogP contribution in [0.5, 0.6) is 0 Å². The molecule has 2 N–H and O–H groups in total. The average molecular weight is 213 g/mol. The number of rotatable bonds is 5. The molecule has 0 aromatic heterocycles. The second-order valence-electron chi connectivity index (χ2n) is 3.67. The van der Waals surface area contributed by atoms with Gasteiger partial charge in [0.15, 0.2) is 5.76 Å². The van der Waals surface area contributed by atoms with Crippen molar-refractivity contribution in [3.63, 3.8) is 0 Å². The van der Waals surface area contributed by atoms with Crippen molar-refractivity contribution < 1.29 is 14.6 Å². The van der Waals surface area contributed by atoms with E-state index in [1.165, 1.54) is 0 Å². The highest BCUT2D eigenvalue weighted by atomic mass is 16.5. The topological polar surface area (TPSA) is 58.6 Å². The van der Waals surface area contributed by atoms with Gasteiger partial charge in [-0.25, -0.2) is 0 Å². The minimum absolute atomic E-state index is 0.169. The van der Waals surface area contributed by atoms with E-state index in [9.17, 15) is 9.90 Å². The number of nitrogens with one attached hydrogen (secondary N) is 1. The zero-order valence-electron chi connectivity index (χ0n) is 9.16. The van der Waals surface area contributed by atoms with Crippen LogP contribution in [0.2, 0.25) is 0 Å².